The molecular weight excluding hydrogens is 512 g/mol. The summed E-state index contributed by atoms with van der Waals surface area (Å²) in [6.45, 7) is 7.51. The highest BCUT2D eigenvalue weighted by atomic mass is 16.5. The van der Waals surface area contributed by atoms with Gasteiger partial charge in [-0.1, -0.05) is 29.4 Å². The molecule has 3 aromatic carbocycles. The van der Waals surface area contributed by atoms with Crippen LogP contribution in [0.25, 0.3) is 22.5 Å². The highest BCUT2D eigenvalue weighted by Gasteiger charge is 2.43. The van der Waals surface area contributed by atoms with Crippen molar-refractivity contribution in [2.45, 2.75) is 51.4 Å². The minimum atomic E-state index is 0.0650. The highest BCUT2D eigenvalue weighted by Crippen LogP contribution is 2.48. The fraction of sp³-hybridized carbons (Fsp3) is 0.382. The van der Waals surface area contributed by atoms with E-state index in [9.17, 15) is 4.79 Å². The fourth-order valence-corrected chi connectivity index (χ4v) is 6.76. The second kappa shape index (κ2) is 10.1. The lowest BCUT2D eigenvalue weighted by Gasteiger charge is -2.37. The molecule has 0 aliphatic carbocycles. The molecule has 7 rings (SSSR count). The largest absolute Gasteiger partial charge is 0.492 e. The summed E-state index contributed by atoms with van der Waals surface area (Å²) in [4.78, 5) is 22.8. The van der Waals surface area contributed by atoms with Crippen LogP contribution in [0, 0.1) is 13.8 Å². The molecule has 7 heteroatoms. The van der Waals surface area contributed by atoms with Gasteiger partial charge in [0.1, 0.15) is 5.75 Å². The number of hydrogen-bond acceptors (Lipinski definition) is 6. The van der Waals surface area contributed by atoms with E-state index in [0.717, 1.165) is 92.0 Å². The van der Waals surface area contributed by atoms with Crippen LogP contribution in [-0.2, 0) is 11.8 Å². The maximum atomic E-state index is 14.0. The van der Waals surface area contributed by atoms with E-state index >= 15 is 0 Å². The molecule has 3 aliphatic heterocycles. The van der Waals surface area contributed by atoms with E-state index in [1.165, 1.54) is 11.1 Å². The number of amides is 1. The molecule has 1 amide bonds. The monoisotopic (exact) mass is 548 g/mol. The van der Waals surface area contributed by atoms with Gasteiger partial charge in [-0.3, -0.25) is 4.79 Å². The zero-order valence-corrected chi connectivity index (χ0v) is 24.1. The number of carbonyl (C=O) groups excluding carboxylic acids is 1. The van der Waals surface area contributed by atoms with Crippen LogP contribution >= 0.6 is 0 Å². The molecule has 0 atom stereocenters. The van der Waals surface area contributed by atoms with Crippen LogP contribution in [0.4, 0.5) is 5.69 Å². The van der Waals surface area contributed by atoms with Gasteiger partial charge in [0.05, 0.1) is 6.61 Å². The highest BCUT2D eigenvalue weighted by molar-refractivity contribution is 6.07. The summed E-state index contributed by atoms with van der Waals surface area (Å²) in [7, 11) is 2.19. The van der Waals surface area contributed by atoms with Gasteiger partial charge in [0.2, 0.25) is 11.7 Å². The number of nitrogens with zero attached hydrogens (tertiary/aromatic N) is 4. The van der Waals surface area contributed by atoms with Gasteiger partial charge in [0.25, 0.3) is 5.91 Å². The molecule has 0 bridgehead atoms. The molecule has 1 aromatic heterocycles. The summed E-state index contributed by atoms with van der Waals surface area (Å²) in [5, 5.41) is 4.04. The summed E-state index contributed by atoms with van der Waals surface area (Å²) in [5.41, 5.74) is 8.61. The normalized spacial score (nSPS) is 18.1. The molecule has 7 nitrogen and oxygen atoms in total. The van der Waals surface area contributed by atoms with Crippen LogP contribution in [0.15, 0.2) is 59.1 Å². The van der Waals surface area contributed by atoms with Crippen molar-refractivity contribution in [2.24, 2.45) is 0 Å². The van der Waals surface area contributed by atoms with Gasteiger partial charge in [-0.25, -0.2) is 0 Å². The van der Waals surface area contributed by atoms with E-state index in [0.29, 0.717) is 17.3 Å². The third kappa shape index (κ3) is 4.62. The second-order valence-corrected chi connectivity index (χ2v) is 12.0. The van der Waals surface area contributed by atoms with E-state index in [4.69, 9.17) is 9.26 Å². The average molecular weight is 549 g/mol. The quantitative estimate of drug-likeness (QED) is 0.297. The molecule has 4 aromatic rings. The van der Waals surface area contributed by atoms with Crippen molar-refractivity contribution < 1.29 is 14.1 Å². The Morgan fingerprint density at radius 1 is 0.927 bits per heavy atom. The van der Waals surface area contributed by atoms with E-state index in [1.807, 2.05) is 23.1 Å². The van der Waals surface area contributed by atoms with Crippen LogP contribution in [0.3, 0.4) is 0 Å². The summed E-state index contributed by atoms with van der Waals surface area (Å²) in [5.74, 6) is 2.24. The first-order valence-electron chi connectivity index (χ1n) is 14.7. The van der Waals surface area contributed by atoms with Crippen LogP contribution in [-0.4, -0.2) is 54.2 Å². The predicted octanol–water partition coefficient (Wildman–Crippen LogP) is 6.36. The summed E-state index contributed by atoms with van der Waals surface area (Å²) < 4.78 is 11.4. The van der Waals surface area contributed by atoms with Crippen LogP contribution in [0.1, 0.15) is 58.6 Å². The van der Waals surface area contributed by atoms with Crippen molar-refractivity contribution in [1.82, 2.24) is 15.0 Å². The number of aryl methyl sites for hydroxylation is 3. The third-order valence-electron chi connectivity index (χ3n) is 9.27. The lowest BCUT2D eigenvalue weighted by molar-refractivity contribution is 0.0987. The lowest BCUT2D eigenvalue weighted by Crippen LogP contribution is -2.42. The van der Waals surface area contributed by atoms with Crippen LogP contribution in [0.5, 0.6) is 5.75 Å². The van der Waals surface area contributed by atoms with Crippen molar-refractivity contribution in [3.63, 3.8) is 0 Å². The minimum absolute atomic E-state index is 0.0650. The van der Waals surface area contributed by atoms with Gasteiger partial charge >= 0.3 is 0 Å². The summed E-state index contributed by atoms with van der Waals surface area (Å²) >= 11 is 0. The number of fused-ring (bicyclic) bond motifs is 3. The van der Waals surface area contributed by atoms with E-state index in [1.54, 1.807) is 6.92 Å². The predicted molar refractivity (Wildman–Crippen MR) is 160 cm³/mol. The number of ether oxygens (including phenoxy) is 1. The molecule has 210 valence electrons. The Hall–Kier alpha value is -3.97. The first-order valence-corrected chi connectivity index (χ1v) is 14.7. The molecule has 4 heterocycles. The number of rotatable bonds is 3. The fourth-order valence-electron chi connectivity index (χ4n) is 6.76. The van der Waals surface area contributed by atoms with Gasteiger partial charge in [0.15, 0.2) is 0 Å². The molecule has 0 unspecified atom stereocenters. The van der Waals surface area contributed by atoms with Crippen molar-refractivity contribution in [3.8, 4) is 28.3 Å². The first-order chi connectivity index (χ1) is 19.9. The van der Waals surface area contributed by atoms with E-state index in [-0.39, 0.29) is 11.3 Å². The zero-order valence-electron chi connectivity index (χ0n) is 24.1. The van der Waals surface area contributed by atoms with Crippen molar-refractivity contribution in [1.29, 1.82) is 0 Å². The van der Waals surface area contributed by atoms with Crippen LogP contribution < -0.4 is 9.64 Å². The van der Waals surface area contributed by atoms with Crippen molar-refractivity contribution in [3.05, 3.63) is 82.7 Å². The van der Waals surface area contributed by atoms with Gasteiger partial charge in [0, 0.05) is 41.3 Å². The van der Waals surface area contributed by atoms with Gasteiger partial charge < -0.3 is 19.1 Å². The lowest BCUT2D eigenvalue weighted by atomic mass is 9.74. The SMILES string of the molecule is Cc1nc(-c2ccc(-c3ccc(C(=O)N4CCCCc5cc6c(cc54)C4(CCN(C)CC4)CO6)cc3)c(C)c2)no1. The molecule has 1 fully saturated rings. The Bertz CT molecular complexity index is 1620. The Kier molecular flexibility index (Phi) is 6.42. The number of hydrogen-bond donors (Lipinski definition) is 0. The maximum absolute atomic E-state index is 14.0. The van der Waals surface area contributed by atoms with E-state index in [2.05, 4.69) is 65.4 Å². The molecule has 0 radical (unpaired) electrons. The second-order valence-electron chi connectivity index (χ2n) is 12.0. The van der Waals surface area contributed by atoms with Crippen molar-refractivity contribution >= 4 is 11.6 Å². The molecule has 1 spiro atoms. The van der Waals surface area contributed by atoms with Crippen molar-refractivity contribution in [2.75, 3.05) is 38.2 Å². The minimum Gasteiger partial charge on any atom is -0.492 e. The number of carbonyl (C=O) groups is 1. The van der Waals surface area contributed by atoms with Gasteiger partial charge in [-0.2, -0.15) is 4.98 Å². The molecular formula is C34H36N4O3. The third-order valence-corrected chi connectivity index (χ3v) is 9.27. The number of benzene rings is 3. The standard InChI is InChI=1S/C34H36N4O3/c1-22-18-27(32-35-23(2)41-36-32)11-12-28(22)24-7-9-25(10-8-24)33(39)38-15-5-4-6-26-19-31-29(20-30(26)38)34(21-40-31)13-16-37(3)17-14-34/h7-12,18-20H,4-6,13-17,21H2,1-3H3. The maximum Gasteiger partial charge on any atom is 0.258 e. The number of aromatic nitrogens is 2. The zero-order chi connectivity index (χ0) is 28.1. The van der Waals surface area contributed by atoms with Gasteiger partial charge in [-0.15, -0.1) is 0 Å². The van der Waals surface area contributed by atoms with Crippen LogP contribution in [0.2, 0.25) is 0 Å². The Morgan fingerprint density at radius 2 is 1.71 bits per heavy atom. The molecule has 1 saturated heterocycles. The molecule has 0 N–H and O–H groups in total. The molecule has 0 saturated carbocycles. The number of anilines is 1. The summed E-state index contributed by atoms with van der Waals surface area (Å²) in [6, 6.07) is 18.7. The number of likely N-dealkylation sites (tertiary alicyclic amines) is 1. The molecule has 41 heavy (non-hydrogen) atoms. The smallest absolute Gasteiger partial charge is 0.258 e. The Morgan fingerprint density at radius 3 is 2.44 bits per heavy atom. The Balaban J connectivity index is 1.17. The van der Waals surface area contributed by atoms with Gasteiger partial charge in [-0.05, 0) is 112 Å². The summed E-state index contributed by atoms with van der Waals surface area (Å²) in [6.07, 6.45) is 5.23. The number of piperidine rings is 1. The first kappa shape index (κ1) is 26.0. The van der Waals surface area contributed by atoms with E-state index < -0.39 is 0 Å². The average Bonchev–Trinajstić information content (AvgIpc) is 3.50. The Labute approximate surface area is 241 Å². The molecule has 3 aliphatic rings. The topological polar surface area (TPSA) is 71.7 Å².